The number of halogens is 3. The standard InChI is InChI=1S/C23H16F3NO3S/c24-23(25,26)22-19(14-5-2-1-3-6-14)20(28)16-8-9-18-17(21(16)30-22)12-27(13-29-18)11-15-7-4-10-31-15/h1-10H,11-13H2. The molecule has 3 heterocycles. The molecule has 158 valence electrons. The van der Waals surface area contributed by atoms with Crippen LogP contribution in [0.2, 0.25) is 0 Å². The Labute approximate surface area is 179 Å². The summed E-state index contributed by atoms with van der Waals surface area (Å²) in [6.07, 6.45) is -4.83. The van der Waals surface area contributed by atoms with Crippen molar-refractivity contribution in [3.63, 3.8) is 0 Å². The van der Waals surface area contributed by atoms with Gasteiger partial charge in [-0.25, -0.2) is 0 Å². The van der Waals surface area contributed by atoms with Gasteiger partial charge in [-0.05, 0) is 29.1 Å². The van der Waals surface area contributed by atoms with Crippen LogP contribution in [-0.4, -0.2) is 11.6 Å². The molecule has 4 nitrogen and oxygen atoms in total. The summed E-state index contributed by atoms with van der Waals surface area (Å²) in [7, 11) is 0. The van der Waals surface area contributed by atoms with E-state index in [1.165, 1.54) is 18.2 Å². The molecule has 5 rings (SSSR count). The molecule has 1 aliphatic rings. The highest BCUT2D eigenvalue weighted by Crippen LogP contribution is 2.40. The maximum Gasteiger partial charge on any atom is 0.450 e. The molecular weight excluding hydrogens is 427 g/mol. The number of benzene rings is 2. The van der Waals surface area contributed by atoms with E-state index in [9.17, 15) is 18.0 Å². The normalized spacial score (nSPS) is 14.4. The zero-order chi connectivity index (χ0) is 21.6. The van der Waals surface area contributed by atoms with Gasteiger partial charge in [0.1, 0.15) is 18.1 Å². The molecule has 0 N–H and O–H groups in total. The van der Waals surface area contributed by atoms with Crippen LogP contribution in [0.25, 0.3) is 22.1 Å². The summed E-state index contributed by atoms with van der Waals surface area (Å²) in [5, 5.41) is 2.07. The van der Waals surface area contributed by atoms with Gasteiger partial charge in [-0.15, -0.1) is 11.3 Å². The van der Waals surface area contributed by atoms with Gasteiger partial charge in [0.05, 0.1) is 16.5 Å². The molecule has 4 aromatic rings. The minimum absolute atomic E-state index is 0.0783. The highest BCUT2D eigenvalue weighted by atomic mass is 32.1. The minimum atomic E-state index is -4.83. The second kappa shape index (κ2) is 7.55. The van der Waals surface area contributed by atoms with E-state index in [1.807, 2.05) is 22.4 Å². The van der Waals surface area contributed by atoms with Crippen molar-refractivity contribution in [2.75, 3.05) is 6.73 Å². The van der Waals surface area contributed by atoms with Gasteiger partial charge < -0.3 is 9.15 Å². The SMILES string of the molecule is O=c1c(-c2ccccc2)c(C(F)(F)F)oc2c3c(ccc12)OCN(Cc1cccs1)C3. The molecule has 31 heavy (non-hydrogen) atoms. The van der Waals surface area contributed by atoms with Crippen molar-refractivity contribution < 1.29 is 22.3 Å². The predicted molar refractivity (Wildman–Crippen MR) is 112 cm³/mol. The van der Waals surface area contributed by atoms with Crippen molar-refractivity contribution in [2.45, 2.75) is 19.3 Å². The first-order valence-corrected chi connectivity index (χ1v) is 10.4. The van der Waals surface area contributed by atoms with E-state index < -0.39 is 22.9 Å². The van der Waals surface area contributed by atoms with Crippen LogP contribution in [0.15, 0.2) is 69.2 Å². The number of alkyl halides is 3. The highest BCUT2D eigenvalue weighted by molar-refractivity contribution is 7.09. The summed E-state index contributed by atoms with van der Waals surface area (Å²) in [6.45, 7) is 1.20. The second-order valence-electron chi connectivity index (χ2n) is 7.26. The third-order valence-electron chi connectivity index (χ3n) is 5.18. The first-order chi connectivity index (χ1) is 14.9. The number of hydrogen-bond acceptors (Lipinski definition) is 5. The number of ether oxygens (including phenoxy) is 1. The van der Waals surface area contributed by atoms with E-state index in [1.54, 1.807) is 35.6 Å². The van der Waals surface area contributed by atoms with E-state index in [0.717, 1.165) is 4.88 Å². The summed E-state index contributed by atoms with van der Waals surface area (Å²) in [5.41, 5.74) is -0.655. The quantitative estimate of drug-likeness (QED) is 0.396. The van der Waals surface area contributed by atoms with Gasteiger partial charge in [0.25, 0.3) is 0 Å². The summed E-state index contributed by atoms with van der Waals surface area (Å²) in [5.74, 6) is -0.862. The van der Waals surface area contributed by atoms with Crippen molar-refractivity contribution in [3.8, 4) is 16.9 Å². The lowest BCUT2D eigenvalue weighted by Crippen LogP contribution is -2.31. The monoisotopic (exact) mass is 443 g/mol. The molecule has 0 unspecified atom stereocenters. The molecule has 0 radical (unpaired) electrons. The average Bonchev–Trinajstić information content (AvgIpc) is 3.26. The Morgan fingerprint density at radius 1 is 1.03 bits per heavy atom. The number of hydrogen-bond donors (Lipinski definition) is 0. The van der Waals surface area contributed by atoms with E-state index in [0.29, 0.717) is 31.1 Å². The highest BCUT2D eigenvalue weighted by Gasteiger charge is 2.40. The Hall–Kier alpha value is -3.10. The second-order valence-corrected chi connectivity index (χ2v) is 8.29. The minimum Gasteiger partial charge on any atom is -0.478 e. The molecule has 0 atom stereocenters. The van der Waals surface area contributed by atoms with Crippen molar-refractivity contribution in [3.05, 3.63) is 86.4 Å². The van der Waals surface area contributed by atoms with Gasteiger partial charge >= 0.3 is 6.18 Å². The Morgan fingerprint density at radius 3 is 2.55 bits per heavy atom. The summed E-state index contributed by atoms with van der Waals surface area (Å²) in [6, 6.07) is 14.8. The van der Waals surface area contributed by atoms with Crippen molar-refractivity contribution in [2.24, 2.45) is 0 Å². The molecule has 1 aliphatic heterocycles. The Morgan fingerprint density at radius 2 is 1.84 bits per heavy atom. The molecule has 0 saturated heterocycles. The van der Waals surface area contributed by atoms with Crippen LogP contribution in [0.4, 0.5) is 13.2 Å². The van der Waals surface area contributed by atoms with Crippen LogP contribution in [-0.2, 0) is 19.3 Å². The van der Waals surface area contributed by atoms with Crippen LogP contribution >= 0.6 is 11.3 Å². The molecule has 8 heteroatoms. The Kier molecular flexibility index (Phi) is 4.83. The number of fused-ring (bicyclic) bond motifs is 3. The van der Waals surface area contributed by atoms with Crippen LogP contribution in [0.5, 0.6) is 5.75 Å². The fourth-order valence-corrected chi connectivity index (χ4v) is 4.55. The smallest absolute Gasteiger partial charge is 0.450 e. The summed E-state index contributed by atoms with van der Waals surface area (Å²) >= 11 is 1.59. The third kappa shape index (κ3) is 3.62. The zero-order valence-electron chi connectivity index (χ0n) is 16.1. The van der Waals surface area contributed by atoms with Gasteiger partial charge in [-0.1, -0.05) is 36.4 Å². The van der Waals surface area contributed by atoms with Gasteiger partial charge in [0, 0.05) is 18.0 Å². The van der Waals surface area contributed by atoms with Gasteiger partial charge in [0.2, 0.25) is 11.2 Å². The molecule has 0 aliphatic carbocycles. The molecule has 0 spiro atoms. The lowest BCUT2D eigenvalue weighted by molar-refractivity contribution is -0.152. The predicted octanol–water partition coefficient (Wildman–Crippen LogP) is 5.89. The Bertz CT molecular complexity index is 1300. The largest absolute Gasteiger partial charge is 0.478 e. The Balaban J connectivity index is 1.69. The number of nitrogens with zero attached hydrogens (tertiary/aromatic N) is 1. The van der Waals surface area contributed by atoms with Crippen LogP contribution in [0.3, 0.4) is 0 Å². The first kappa shape index (κ1) is 19.8. The van der Waals surface area contributed by atoms with E-state index in [4.69, 9.17) is 9.15 Å². The summed E-state index contributed by atoms with van der Waals surface area (Å²) in [4.78, 5) is 16.3. The van der Waals surface area contributed by atoms with Crippen LogP contribution in [0, 0.1) is 0 Å². The maximum absolute atomic E-state index is 13.9. The average molecular weight is 443 g/mol. The molecule has 2 aromatic carbocycles. The topological polar surface area (TPSA) is 42.7 Å². The lowest BCUT2D eigenvalue weighted by atomic mass is 10.00. The molecule has 0 amide bonds. The third-order valence-corrected chi connectivity index (χ3v) is 6.05. The van der Waals surface area contributed by atoms with Crippen molar-refractivity contribution >= 4 is 22.3 Å². The molecule has 0 fully saturated rings. The summed E-state index contributed by atoms with van der Waals surface area (Å²) < 4.78 is 53.0. The van der Waals surface area contributed by atoms with Crippen LogP contribution in [0.1, 0.15) is 16.2 Å². The van der Waals surface area contributed by atoms with Gasteiger partial charge in [-0.3, -0.25) is 9.69 Å². The van der Waals surface area contributed by atoms with E-state index >= 15 is 0 Å². The molecule has 0 saturated carbocycles. The van der Waals surface area contributed by atoms with E-state index in [-0.39, 0.29) is 16.5 Å². The lowest BCUT2D eigenvalue weighted by Gasteiger charge is -2.29. The maximum atomic E-state index is 13.9. The fourth-order valence-electron chi connectivity index (χ4n) is 3.80. The van der Waals surface area contributed by atoms with Gasteiger partial charge in [0.15, 0.2) is 0 Å². The van der Waals surface area contributed by atoms with Gasteiger partial charge in [-0.2, -0.15) is 13.2 Å². The number of thiophene rings is 1. The van der Waals surface area contributed by atoms with E-state index in [2.05, 4.69) is 0 Å². The molecule has 0 bridgehead atoms. The molecular formula is C23H16F3NO3S. The first-order valence-electron chi connectivity index (χ1n) is 9.54. The van der Waals surface area contributed by atoms with Crippen molar-refractivity contribution in [1.29, 1.82) is 0 Å². The zero-order valence-corrected chi connectivity index (χ0v) is 16.9. The van der Waals surface area contributed by atoms with Crippen molar-refractivity contribution in [1.82, 2.24) is 4.90 Å². The van der Waals surface area contributed by atoms with Crippen LogP contribution < -0.4 is 10.2 Å². The molecule has 2 aromatic heterocycles. The number of rotatable bonds is 3. The fraction of sp³-hybridized carbons (Fsp3) is 0.174.